The molecule has 1 N–H and O–H groups in total. The van der Waals surface area contributed by atoms with E-state index in [9.17, 15) is 4.79 Å². The summed E-state index contributed by atoms with van der Waals surface area (Å²) in [5.41, 5.74) is 1.78. The second kappa shape index (κ2) is 9.07. The molecular weight excluding hydrogens is 388 g/mol. The fraction of sp³-hybridized carbons (Fsp3) is 0.158. The zero-order chi connectivity index (χ0) is 18.4. The summed E-state index contributed by atoms with van der Waals surface area (Å²) in [5.74, 6) is 1.43. The number of hydrogen-bond donors (Lipinski definition) is 1. The van der Waals surface area contributed by atoms with Gasteiger partial charge in [-0.2, -0.15) is 0 Å². The van der Waals surface area contributed by atoms with E-state index >= 15 is 0 Å². The lowest BCUT2D eigenvalue weighted by molar-refractivity contribution is -0.115. The van der Waals surface area contributed by atoms with Gasteiger partial charge in [-0.3, -0.25) is 4.79 Å². The van der Waals surface area contributed by atoms with Gasteiger partial charge in [-0.25, -0.2) is 4.98 Å². The zero-order valence-corrected chi connectivity index (χ0v) is 16.5. The van der Waals surface area contributed by atoms with E-state index in [1.54, 1.807) is 18.9 Å². The molecule has 7 heteroatoms. The number of carbonyl (C=O) groups is 1. The minimum Gasteiger partial charge on any atom is -0.497 e. The first-order chi connectivity index (χ1) is 12.6. The Hall–Kier alpha value is -2.02. The highest BCUT2D eigenvalue weighted by Gasteiger charge is 2.09. The van der Waals surface area contributed by atoms with Crippen LogP contribution in [0.1, 0.15) is 6.42 Å². The Balaban J connectivity index is 1.51. The average Bonchev–Trinajstić information content (AvgIpc) is 3.12. The molecule has 0 atom stereocenters. The van der Waals surface area contributed by atoms with Crippen LogP contribution in [0.4, 0.5) is 5.13 Å². The molecule has 0 radical (unpaired) electrons. The van der Waals surface area contributed by atoms with Gasteiger partial charge < -0.3 is 10.1 Å². The van der Waals surface area contributed by atoms with Crippen LogP contribution in [0, 0.1) is 0 Å². The molecule has 0 fully saturated rings. The second-order valence-electron chi connectivity index (χ2n) is 5.37. The standard InChI is InChI=1S/C19H17ClN2O2S2/c1-24-15-4-2-3-13(11-15)17-12-26-19(21-17)22-18(23)9-10-25-16-7-5-14(20)6-8-16/h2-8,11-12H,9-10H2,1H3,(H,21,22,23). The van der Waals surface area contributed by atoms with Crippen molar-refractivity contribution in [2.24, 2.45) is 0 Å². The van der Waals surface area contributed by atoms with Crippen molar-refractivity contribution in [2.45, 2.75) is 11.3 Å². The third kappa shape index (κ3) is 5.24. The summed E-state index contributed by atoms with van der Waals surface area (Å²) < 4.78 is 5.23. The molecule has 134 valence electrons. The lowest BCUT2D eigenvalue weighted by Gasteiger charge is -2.03. The van der Waals surface area contributed by atoms with E-state index < -0.39 is 0 Å². The van der Waals surface area contributed by atoms with Crippen molar-refractivity contribution in [3.63, 3.8) is 0 Å². The van der Waals surface area contributed by atoms with Crippen molar-refractivity contribution in [3.05, 3.63) is 58.9 Å². The van der Waals surface area contributed by atoms with Crippen LogP contribution in [0.3, 0.4) is 0 Å². The summed E-state index contributed by atoms with van der Waals surface area (Å²) in [5, 5.41) is 6.09. The van der Waals surface area contributed by atoms with Gasteiger partial charge in [0.25, 0.3) is 0 Å². The maximum absolute atomic E-state index is 12.1. The van der Waals surface area contributed by atoms with Crippen molar-refractivity contribution >= 4 is 45.7 Å². The number of nitrogens with zero attached hydrogens (tertiary/aromatic N) is 1. The van der Waals surface area contributed by atoms with Crippen LogP contribution in [0.15, 0.2) is 58.8 Å². The highest BCUT2D eigenvalue weighted by molar-refractivity contribution is 7.99. The van der Waals surface area contributed by atoms with E-state index in [1.807, 2.05) is 53.9 Å². The predicted octanol–water partition coefficient (Wildman–Crippen LogP) is 5.59. The van der Waals surface area contributed by atoms with Gasteiger partial charge in [-0.1, -0.05) is 23.7 Å². The lowest BCUT2D eigenvalue weighted by atomic mass is 10.2. The summed E-state index contributed by atoms with van der Waals surface area (Å²) in [4.78, 5) is 17.7. The number of halogens is 1. The van der Waals surface area contributed by atoms with Gasteiger partial charge in [0.1, 0.15) is 5.75 Å². The summed E-state index contributed by atoms with van der Waals surface area (Å²) in [6.07, 6.45) is 0.418. The highest BCUT2D eigenvalue weighted by Crippen LogP contribution is 2.27. The fourth-order valence-corrected chi connectivity index (χ4v) is 3.93. The van der Waals surface area contributed by atoms with Gasteiger partial charge in [-0.05, 0) is 36.4 Å². The molecule has 3 aromatic rings. The van der Waals surface area contributed by atoms with Crippen LogP contribution < -0.4 is 10.1 Å². The van der Waals surface area contributed by atoms with Crippen molar-refractivity contribution in [3.8, 4) is 17.0 Å². The number of ether oxygens (including phenoxy) is 1. The van der Waals surface area contributed by atoms with Gasteiger partial charge in [0.15, 0.2) is 5.13 Å². The first-order valence-corrected chi connectivity index (χ1v) is 10.2. The minimum absolute atomic E-state index is 0.0435. The molecule has 3 rings (SSSR count). The van der Waals surface area contributed by atoms with Crippen LogP contribution in [0.5, 0.6) is 5.75 Å². The largest absolute Gasteiger partial charge is 0.497 e. The van der Waals surface area contributed by atoms with Crippen molar-refractivity contribution in [2.75, 3.05) is 18.2 Å². The van der Waals surface area contributed by atoms with E-state index in [0.29, 0.717) is 22.3 Å². The van der Waals surface area contributed by atoms with Gasteiger partial charge >= 0.3 is 0 Å². The number of benzene rings is 2. The number of nitrogens with one attached hydrogen (secondary N) is 1. The van der Waals surface area contributed by atoms with Gasteiger partial charge in [0.05, 0.1) is 12.8 Å². The zero-order valence-electron chi connectivity index (χ0n) is 14.1. The molecule has 0 saturated carbocycles. The molecule has 0 bridgehead atoms. The maximum Gasteiger partial charge on any atom is 0.226 e. The SMILES string of the molecule is COc1cccc(-c2csc(NC(=O)CCSc3ccc(Cl)cc3)n2)c1. The number of hydrogen-bond acceptors (Lipinski definition) is 5. The summed E-state index contributed by atoms with van der Waals surface area (Å²) in [6.45, 7) is 0. The molecule has 0 aliphatic heterocycles. The highest BCUT2D eigenvalue weighted by atomic mass is 35.5. The van der Waals surface area contributed by atoms with E-state index in [0.717, 1.165) is 21.9 Å². The molecule has 0 spiro atoms. The Morgan fingerprint density at radius 3 is 2.85 bits per heavy atom. The number of aromatic nitrogens is 1. The maximum atomic E-state index is 12.1. The number of carbonyl (C=O) groups excluding carboxylic acids is 1. The number of amides is 1. The molecular formula is C19H17ClN2O2S2. The molecule has 1 heterocycles. The molecule has 1 amide bonds. The molecule has 0 unspecified atom stereocenters. The van der Waals surface area contributed by atoms with E-state index in [-0.39, 0.29) is 5.91 Å². The predicted molar refractivity (Wildman–Crippen MR) is 110 cm³/mol. The molecule has 0 saturated heterocycles. The van der Waals surface area contributed by atoms with Crippen LogP contribution >= 0.6 is 34.7 Å². The normalized spacial score (nSPS) is 10.5. The first kappa shape index (κ1) is 18.8. The number of rotatable bonds is 7. The second-order valence-corrected chi connectivity index (χ2v) is 7.83. The van der Waals surface area contributed by atoms with E-state index in [4.69, 9.17) is 16.3 Å². The summed E-state index contributed by atoms with van der Waals surface area (Å²) in [7, 11) is 1.63. The minimum atomic E-state index is -0.0435. The fourth-order valence-electron chi connectivity index (χ4n) is 2.22. The van der Waals surface area contributed by atoms with Crippen molar-refractivity contribution in [1.29, 1.82) is 0 Å². The topological polar surface area (TPSA) is 51.2 Å². The van der Waals surface area contributed by atoms with Crippen molar-refractivity contribution in [1.82, 2.24) is 4.98 Å². The molecule has 0 aliphatic carbocycles. The summed E-state index contributed by atoms with van der Waals surface area (Å²) >= 11 is 8.90. The molecule has 0 aliphatic rings. The van der Waals surface area contributed by atoms with Gasteiger partial charge in [0.2, 0.25) is 5.91 Å². The first-order valence-electron chi connectivity index (χ1n) is 7.92. The Bertz CT molecular complexity index is 881. The van der Waals surface area contributed by atoms with Gasteiger partial charge in [-0.15, -0.1) is 23.1 Å². The number of methoxy groups -OCH3 is 1. The van der Waals surface area contributed by atoms with Crippen LogP contribution in [-0.2, 0) is 4.79 Å². The quantitative estimate of drug-likeness (QED) is 0.521. The average molecular weight is 405 g/mol. The van der Waals surface area contributed by atoms with Crippen LogP contribution in [0.25, 0.3) is 11.3 Å². The monoisotopic (exact) mass is 404 g/mol. The Kier molecular flexibility index (Phi) is 6.55. The third-order valence-corrected chi connectivity index (χ3v) is 5.55. The van der Waals surface area contributed by atoms with Crippen LogP contribution in [0.2, 0.25) is 5.02 Å². The molecule has 4 nitrogen and oxygen atoms in total. The number of thiazole rings is 1. The molecule has 1 aromatic heterocycles. The third-order valence-electron chi connectivity index (χ3n) is 3.53. The van der Waals surface area contributed by atoms with E-state index in [2.05, 4.69) is 10.3 Å². The summed E-state index contributed by atoms with van der Waals surface area (Å²) in [6, 6.07) is 15.3. The van der Waals surface area contributed by atoms with E-state index in [1.165, 1.54) is 11.3 Å². The van der Waals surface area contributed by atoms with Gasteiger partial charge in [0, 0.05) is 33.0 Å². The molecule has 26 heavy (non-hydrogen) atoms. The Morgan fingerprint density at radius 1 is 1.27 bits per heavy atom. The Labute approximate surface area is 165 Å². The van der Waals surface area contributed by atoms with Crippen LogP contribution in [-0.4, -0.2) is 23.8 Å². The lowest BCUT2D eigenvalue weighted by Crippen LogP contribution is -2.11. The molecule has 2 aromatic carbocycles. The Morgan fingerprint density at radius 2 is 2.08 bits per heavy atom. The van der Waals surface area contributed by atoms with Crippen molar-refractivity contribution < 1.29 is 9.53 Å². The smallest absolute Gasteiger partial charge is 0.226 e. The number of anilines is 1. The number of thioether (sulfide) groups is 1.